The molecule has 0 aliphatic carbocycles. The molecule has 4 aromatic rings. The van der Waals surface area contributed by atoms with Crippen molar-refractivity contribution in [1.82, 2.24) is 4.98 Å². The average Bonchev–Trinajstić information content (AvgIpc) is 3.23. The van der Waals surface area contributed by atoms with Crippen molar-refractivity contribution in [3.8, 4) is 10.6 Å². The molecule has 1 heterocycles. The van der Waals surface area contributed by atoms with E-state index in [0.717, 1.165) is 10.2 Å². The Bertz CT molecular complexity index is 1270. The molecule has 0 spiro atoms. The summed E-state index contributed by atoms with van der Waals surface area (Å²) in [5, 5.41) is 4.16. The highest BCUT2D eigenvalue weighted by Crippen LogP contribution is 2.32. The summed E-state index contributed by atoms with van der Waals surface area (Å²) in [5.74, 6) is -1.06. The first-order valence-electron chi connectivity index (χ1n) is 9.88. The lowest BCUT2D eigenvalue weighted by molar-refractivity contribution is -0.124. The smallest absolute Gasteiger partial charge is 0.339 e. The van der Waals surface area contributed by atoms with Crippen molar-refractivity contribution in [2.45, 2.75) is 19.4 Å². The summed E-state index contributed by atoms with van der Waals surface area (Å²) < 4.78 is 6.60. The van der Waals surface area contributed by atoms with Crippen molar-refractivity contribution < 1.29 is 14.3 Å². The fraction of sp³-hybridized carbons (Fsp3) is 0.125. The summed E-state index contributed by atoms with van der Waals surface area (Å²) in [7, 11) is 0. The molecule has 0 aliphatic rings. The van der Waals surface area contributed by atoms with Gasteiger partial charge in [-0.25, -0.2) is 9.78 Å². The van der Waals surface area contributed by atoms with E-state index in [1.165, 1.54) is 17.4 Å². The fourth-order valence-corrected chi connectivity index (χ4v) is 4.61. The van der Waals surface area contributed by atoms with Gasteiger partial charge in [-0.05, 0) is 42.8 Å². The molecule has 0 saturated carbocycles. The van der Waals surface area contributed by atoms with Crippen molar-refractivity contribution in [1.29, 1.82) is 0 Å². The van der Waals surface area contributed by atoms with Crippen LogP contribution in [-0.4, -0.2) is 23.0 Å². The largest absolute Gasteiger partial charge is 0.449 e. The summed E-state index contributed by atoms with van der Waals surface area (Å²) in [6.45, 7) is 1.76. The number of esters is 1. The zero-order chi connectivity index (χ0) is 22.7. The number of hydrogen-bond acceptors (Lipinski definition) is 5. The van der Waals surface area contributed by atoms with Crippen molar-refractivity contribution in [3.63, 3.8) is 0 Å². The van der Waals surface area contributed by atoms with Crippen LogP contribution >= 0.6 is 34.5 Å². The zero-order valence-electron chi connectivity index (χ0n) is 17.0. The molecule has 0 fully saturated rings. The minimum absolute atomic E-state index is 0.298. The molecule has 1 unspecified atom stereocenters. The minimum Gasteiger partial charge on any atom is -0.449 e. The molecule has 1 amide bonds. The van der Waals surface area contributed by atoms with E-state index in [1.807, 2.05) is 36.4 Å². The highest BCUT2D eigenvalue weighted by molar-refractivity contribution is 7.21. The van der Waals surface area contributed by atoms with E-state index in [1.54, 1.807) is 31.2 Å². The van der Waals surface area contributed by atoms with Gasteiger partial charge in [0.15, 0.2) is 6.10 Å². The van der Waals surface area contributed by atoms with Gasteiger partial charge in [-0.3, -0.25) is 4.79 Å². The first-order chi connectivity index (χ1) is 15.5. The number of amides is 1. The lowest BCUT2D eigenvalue weighted by Gasteiger charge is -2.17. The highest BCUT2D eigenvalue weighted by Gasteiger charge is 2.25. The SMILES string of the molecule is CCC(OC(=O)c1ccccc1-c1nc2ccccc2s1)C(=O)Nc1ccc(Cl)cc1Cl. The van der Waals surface area contributed by atoms with E-state index >= 15 is 0 Å². The van der Waals surface area contributed by atoms with Crippen LogP contribution in [-0.2, 0) is 9.53 Å². The zero-order valence-corrected chi connectivity index (χ0v) is 19.3. The van der Waals surface area contributed by atoms with Gasteiger partial charge >= 0.3 is 5.97 Å². The molecular weight excluding hydrogens is 467 g/mol. The maximum atomic E-state index is 13.0. The number of para-hydroxylation sites is 1. The minimum atomic E-state index is -0.988. The summed E-state index contributed by atoms with van der Waals surface area (Å²) >= 11 is 13.5. The van der Waals surface area contributed by atoms with E-state index < -0.39 is 18.0 Å². The molecule has 1 aromatic heterocycles. The van der Waals surface area contributed by atoms with Crippen molar-refractivity contribution in [2.24, 2.45) is 0 Å². The van der Waals surface area contributed by atoms with Gasteiger partial charge in [0, 0.05) is 10.6 Å². The third-order valence-electron chi connectivity index (χ3n) is 4.77. The number of fused-ring (bicyclic) bond motifs is 1. The second-order valence-electron chi connectivity index (χ2n) is 6.95. The number of aromatic nitrogens is 1. The first-order valence-corrected chi connectivity index (χ1v) is 11.5. The van der Waals surface area contributed by atoms with Crippen LogP contribution in [0.1, 0.15) is 23.7 Å². The molecule has 0 saturated heterocycles. The van der Waals surface area contributed by atoms with Crippen LogP contribution in [0.15, 0.2) is 66.7 Å². The maximum absolute atomic E-state index is 13.0. The van der Waals surface area contributed by atoms with Crippen LogP contribution in [0.4, 0.5) is 5.69 Å². The van der Waals surface area contributed by atoms with Gasteiger partial charge < -0.3 is 10.1 Å². The Kier molecular flexibility index (Phi) is 6.74. The van der Waals surface area contributed by atoms with Gasteiger partial charge in [0.05, 0.1) is 26.5 Å². The van der Waals surface area contributed by atoms with Gasteiger partial charge in [0.25, 0.3) is 5.91 Å². The monoisotopic (exact) mass is 484 g/mol. The van der Waals surface area contributed by atoms with Gasteiger partial charge in [-0.15, -0.1) is 11.3 Å². The lowest BCUT2D eigenvalue weighted by Crippen LogP contribution is -2.32. The molecule has 8 heteroatoms. The number of carbonyl (C=O) groups is 2. The number of rotatable bonds is 6. The predicted octanol–water partition coefficient (Wildman–Crippen LogP) is 6.84. The number of benzene rings is 3. The third kappa shape index (κ3) is 4.78. The normalized spacial score (nSPS) is 11.8. The summed E-state index contributed by atoms with van der Waals surface area (Å²) in [6, 6.07) is 19.6. The average molecular weight is 485 g/mol. The van der Waals surface area contributed by atoms with Gasteiger partial charge in [-0.2, -0.15) is 0 Å². The fourth-order valence-electron chi connectivity index (χ4n) is 3.15. The number of thiazole rings is 1. The predicted molar refractivity (Wildman–Crippen MR) is 130 cm³/mol. The van der Waals surface area contributed by atoms with E-state index in [4.69, 9.17) is 27.9 Å². The van der Waals surface area contributed by atoms with Gasteiger partial charge in [0.2, 0.25) is 0 Å². The number of carbonyl (C=O) groups excluding carboxylic acids is 2. The summed E-state index contributed by atoms with van der Waals surface area (Å²) in [4.78, 5) is 30.4. The van der Waals surface area contributed by atoms with Crippen LogP contribution < -0.4 is 5.32 Å². The molecule has 162 valence electrons. The first kappa shape index (κ1) is 22.3. The van der Waals surface area contributed by atoms with Crippen molar-refractivity contribution in [2.75, 3.05) is 5.32 Å². The Morgan fingerprint density at radius 1 is 1.06 bits per heavy atom. The molecule has 3 aromatic carbocycles. The lowest BCUT2D eigenvalue weighted by atomic mass is 10.1. The number of ether oxygens (including phenoxy) is 1. The Labute approximate surface area is 199 Å². The second kappa shape index (κ2) is 9.69. The quantitative estimate of drug-likeness (QED) is 0.304. The second-order valence-corrected chi connectivity index (χ2v) is 8.82. The summed E-state index contributed by atoms with van der Waals surface area (Å²) in [6.07, 6.45) is -0.691. The van der Waals surface area contributed by atoms with Crippen LogP contribution in [0.25, 0.3) is 20.8 Å². The van der Waals surface area contributed by atoms with E-state index in [0.29, 0.717) is 38.3 Å². The molecule has 0 bridgehead atoms. The topological polar surface area (TPSA) is 68.3 Å². The number of anilines is 1. The molecule has 1 N–H and O–H groups in total. The molecule has 5 nitrogen and oxygen atoms in total. The third-order valence-corrected chi connectivity index (χ3v) is 6.39. The molecule has 32 heavy (non-hydrogen) atoms. The van der Waals surface area contributed by atoms with Crippen LogP contribution in [0.5, 0.6) is 0 Å². The standard InChI is InChI=1S/C24H18Cl2N2O3S/c1-2-20(22(29)27-18-12-11-14(25)13-17(18)26)31-24(30)16-8-4-3-7-15(16)23-28-19-9-5-6-10-21(19)32-23/h3-13,20H,2H2,1H3,(H,27,29). The number of hydrogen-bond donors (Lipinski definition) is 1. The Morgan fingerprint density at radius 2 is 1.81 bits per heavy atom. The van der Waals surface area contributed by atoms with E-state index in [2.05, 4.69) is 10.3 Å². The summed E-state index contributed by atoms with van der Waals surface area (Å²) in [5.41, 5.74) is 2.27. The van der Waals surface area contributed by atoms with Crippen LogP contribution in [0.2, 0.25) is 10.0 Å². The molecule has 0 radical (unpaired) electrons. The Hall–Kier alpha value is -2.93. The van der Waals surface area contributed by atoms with E-state index in [-0.39, 0.29) is 0 Å². The van der Waals surface area contributed by atoms with Crippen molar-refractivity contribution >= 4 is 62.3 Å². The molecule has 0 aliphatic heterocycles. The Morgan fingerprint density at radius 3 is 2.56 bits per heavy atom. The van der Waals surface area contributed by atoms with Crippen LogP contribution in [0.3, 0.4) is 0 Å². The molecule has 4 rings (SSSR count). The number of nitrogens with one attached hydrogen (secondary N) is 1. The van der Waals surface area contributed by atoms with Crippen LogP contribution in [0, 0.1) is 0 Å². The molecule has 1 atom stereocenters. The van der Waals surface area contributed by atoms with Gasteiger partial charge in [0.1, 0.15) is 5.01 Å². The van der Waals surface area contributed by atoms with Gasteiger partial charge in [-0.1, -0.05) is 60.5 Å². The Balaban J connectivity index is 1.55. The number of halogens is 2. The number of nitrogens with zero attached hydrogens (tertiary/aromatic N) is 1. The maximum Gasteiger partial charge on any atom is 0.339 e. The molecular formula is C24H18Cl2N2O3S. The van der Waals surface area contributed by atoms with E-state index in [9.17, 15) is 9.59 Å². The van der Waals surface area contributed by atoms with Crippen molar-refractivity contribution in [3.05, 3.63) is 82.3 Å². The highest BCUT2D eigenvalue weighted by atomic mass is 35.5.